The van der Waals surface area contributed by atoms with E-state index < -0.39 is 0 Å². The Hall–Kier alpha value is 0.310. The number of rotatable bonds is 3. The first-order valence-electron chi connectivity index (χ1n) is 2.75. The average Bonchev–Trinajstić information content (AvgIpc) is 2.42. The minimum Gasteiger partial charge on any atom is -0.330 e. The highest BCUT2D eigenvalue weighted by Gasteiger charge is 2.20. The van der Waals surface area contributed by atoms with Crippen LogP contribution in [0.15, 0.2) is 0 Å². The predicted molar refractivity (Wildman–Crippen MR) is 34.5 cm³/mol. The largest absolute Gasteiger partial charge is 0.330 e. The van der Waals surface area contributed by atoms with Crippen LogP contribution in [0.1, 0.15) is 12.8 Å². The summed E-state index contributed by atoms with van der Waals surface area (Å²) in [4.78, 5) is 0. The molecule has 1 rings (SSSR count). The van der Waals surface area contributed by atoms with Gasteiger partial charge in [-0.25, -0.2) is 0 Å². The van der Waals surface area contributed by atoms with Crippen LogP contribution >= 0.6 is 11.8 Å². The smallest absolute Gasteiger partial charge is 0.00586 e. The predicted octanol–water partition coefficient (Wildman–Crippen LogP) is 0.841. The van der Waals surface area contributed by atoms with Gasteiger partial charge in [0.25, 0.3) is 0 Å². The summed E-state index contributed by atoms with van der Waals surface area (Å²) in [5, 5.41) is 0.989. The molecule has 1 aliphatic rings. The van der Waals surface area contributed by atoms with E-state index in [0.717, 1.165) is 17.5 Å². The van der Waals surface area contributed by atoms with Gasteiger partial charge in [-0.15, -0.1) is 0 Å². The van der Waals surface area contributed by atoms with Crippen LogP contribution < -0.4 is 5.73 Å². The Balaban J connectivity index is 1.80. The maximum absolute atomic E-state index is 5.28. The fourth-order valence-electron chi connectivity index (χ4n) is 0.469. The highest BCUT2D eigenvalue weighted by molar-refractivity contribution is 8.00. The second-order valence-corrected chi connectivity index (χ2v) is 3.27. The Bertz CT molecular complexity index is 52.0. The zero-order valence-corrected chi connectivity index (χ0v) is 5.21. The fraction of sp³-hybridized carbons (Fsp3) is 1.00. The van der Waals surface area contributed by atoms with E-state index in [-0.39, 0.29) is 0 Å². The van der Waals surface area contributed by atoms with Crippen LogP contribution in [0.4, 0.5) is 0 Å². The zero-order valence-electron chi connectivity index (χ0n) is 4.39. The highest BCUT2D eigenvalue weighted by Crippen LogP contribution is 2.33. The lowest BCUT2D eigenvalue weighted by Gasteiger charge is -1.89. The van der Waals surface area contributed by atoms with Crippen LogP contribution in [0, 0.1) is 0 Å². The molecule has 0 bridgehead atoms. The first-order valence-corrected chi connectivity index (χ1v) is 3.80. The second-order valence-electron chi connectivity index (χ2n) is 1.86. The molecule has 1 aliphatic carbocycles. The molecule has 0 radical (unpaired) electrons. The minimum absolute atomic E-state index is 0.848. The lowest BCUT2D eigenvalue weighted by Crippen LogP contribution is -2.01. The molecule has 0 heterocycles. The Labute approximate surface area is 48.7 Å². The third kappa shape index (κ3) is 2.19. The lowest BCUT2D eigenvalue weighted by atomic mass is 10.8. The molecule has 1 nitrogen and oxygen atoms in total. The third-order valence-corrected chi connectivity index (χ3v) is 2.41. The number of nitrogens with two attached hydrogens (primary N) is 1. The molecule has 7 heavy (non-hydrogen) atoms. The fourth-order valence-corrected chi connectivity index (χ4v) is 1.41. The van der Waals surface area contributed by atoms with E-state index in [2.05, 4.69) is 0 Å². The van der Waals surface area contributed by atoms with Crippen LogP contribution in [0.25, 0.3) is 0 Å². The van der Waals surface area contributed by atoms with Crippen molar-refractivity contribution in [2.24, 2.45) is 5.73 Å². The first-order chi connectivity index (χ1) is 3.43. The molecule has 2 heteroatoms. The van der Waals surface area contributed by atoms with Crippen molar-refractivity contribution in [1.82, 2.24) is 0 Å². The molecular formula is C5H11NS. The Morgan fingerprint density at radius 3 is 2.71 bits per heavy atom. The van der Waals surface area contributed by atoms with Crippen LogP contribution in [0.3, 0.4) is 0 Å². The molecule has 2 N–H and O–H groups in total. The van der Waals surface area contributed by atoms with Gasteiger partial charge in [-0.05, 0) is 12.8 Å². The third-order valence-electron chi connectivity index (χ3n) is 0.996. The van der Waals surface area contributed by atoms with Crippen molar-refractivity contribution in [3.05, 3.63) is 0 Å². The Morgan fingerprint density at radius 2 is 2.29 bits per heavy atom. The van der Waals surface area contributed by atoms with Crippen molar-refractivity contribution < 1.29 is 0 Å². The lowest BCUT2D eigenvalue weighted by molar-refractivity contribution is 1.15. The van der Waals surface area contributed by atoms with Gasteiger partial charge in [0.05, 0.1) is 0 Å². The topological polar surface area (TPSA) is 26.0 Å². The molecule has 42 valence electrons. The molecule has 1 saturated carbocycles. The molecule has 0 spiro atoms. The molecule has 0 unspecified atom stereocenters. The van der Waals surface area contributed by atoms with E-state index in [1.165, 1.54) is 12.8 Å². The SMILES string of the molecule is NCCSC1CC1. The van der Waals surface area contributed by atoms with Crippen LogP contribution in [0.5, 0.6) is 0 Å². The van der Waals surface area contributed by atoms with Gasteiger partial charge in [0.1, 0.15) is 0 Å². The molecule has 0 amide bonds. The quantitative estimate of drug-likeness (QED) is 0.593. The van der Waals surface area contributed by atoms with Crippen LogP contribution in [-0.2, 0) is 0 Å². The van der Waals surface area contributed by atoms with E-state index in [0.29, 0.717) is 0 Å². The molecule has 0 atom stereocenters. The molecule has 0 aromatic heterocycles. The van der Waals surface area contributed by atoms with E-state index in [4.69, 9.17) is 5.73 Å². The molecular weight excluding hydrogens is 106 g/mol. The van der Waals surface area contributed by atoms with E-state index in [9.17, 15) is 0 Å². The van der Waals surface area contributed by atoms with Crippen molar-refractivity contribution in [3.63, 3.8) is 0 Å². The zero-order chi connectivity index (χ0) is 5.11. The van der Waals surface area contributed by atoms with E-state index in [1.807, 2.05) is 11.8 Å². The van der Waals surface area contributed by atoms with Crippen LogP contribution in [-0.4, -0.2) is 17.5 Å². The van der Waals surface area contributed by atoms with Gasteiger partial charge in [0, 0.05) is 17.5 Å². The average molecular weight is 117 g/mol. The summed E-state index contributed by atoms with van der Waals surface area (Å²) in [5.41, 5.74) is 5.28. The highest BCUT2D eigenvalue weighted by atomic mass is 32.2. The maximum Gasteiger partial charge on any atom is 0.00586 e. The van der Waals surface area contributed by atoms with E-state index in [1.54, 1.807) is 0 Å². The van der Waals surface area contributed by atoms with Gasteiger partial charge in [-0.3, -0.25) is 0 Å². The van der Waals surface area contributed by atoms with Crippen LogP contribution in [0.2, 0.25) is 0 Å². The number of thioether (sulfide) groups is 1. The summed E-state index contributed by atoms with van der Waals surface area (Å²) in [6.45, 7) is 0.848. The minimum atomic E-state index is 0.848. The van der Waals surface area contributed by atoms with Gasteiger partial charge in [-0.2, -0.15) is 11.8 Å². The van der Waals surface area contributed by atoms with Crippen molar-refractivity contribution in [2.75, 3.05) is 12.3 Å². The summed E-state index contributed by atoms with van der Waals surface area (Å²) < 4.78 is 0. The first kappa shape index (κ1) is 5.45. The second kappa shape index (κ2) is 2.58. The molecule has 0 saturated heterocycles. The number of hydrogen-bond donors (Lipinski definition) is 1. The van der Waals surface area contributed by atoms with Crippen molar-refractivity contribution in [1.29, 1.82) is 0 Å². The van der Waals surface area contributed by atoms with Crippen molar-refractivity contribution in [2.45, 2.75) is 18.1 Å². The van der Waals surface area contributed by atoms with Gasteiger partial charge in [0.2, 0.25) is 0 Å². The van der Waals surface area contributed by atoms with Gasteiger partial charge >= 0.3 is 0 Å². The summed E-state index contributed by atoms with van der Waals surface area (Å²) in [5.74, 6) is 1.16. The van der Waals surface area contributed by atoms with Gasteiger partial charge < -0.3 is 5.73 Å². The normalized spacial score (nSPS) is 20.1. The Morgan fingerprint density at radius 1 is 1.57 bits per heavy atom. The Kier molecular flexibility index (Phi) is 2.00. The van der Waals surface area contributed by atoms with E-state index >= 15 is 0 Å². The van der Waals surface area contributed by atoms with Gasteiger partial charge in [0.15, 0.2) is 0 Å². The van der Waals surface area contributed by atoms with Crippen molar-refractivity contribution >= 4 is 11.8 Å². The standard InChI is InChI=1S/C5H11NS/c6-3-4-7-5-1-2-5/h5H,1-4,6H2. The molecule has 0 aromatic carbocycles. The van der Waals surface area contributed by atoms with Gasteiger partial charge in [-0.1, -0.05) is 0 Å². The summed E-state index contributed by atoms with van der Waals surface area (Å²) in [6, 6.07) is 0. The number of hydrogen-bond acceptors (Lipinski definition) is 2. The monoisotopic (exact) mass is 117 g/mol. The maximum atomic E-state index is 5.28. The summed E-state index contributed by atoms with van der Waals surface area (Å²) >= 11 is 2.02. The molecule has 1 fully saturated rings. The summed E-state index contributed by atoms with van der Waals surface area (Å²) in [6.07, 6.45) is 2.87. The van der Waals surface area contributed by atoms with Crippen molar-refractivity contribution in [3.8, 4) is 0 Å². The molecule has 0 aliphatic heterocycles. The molecule has 0 aromatic rings. The summed E-state index contributed by atoms with van der Waals surface area (Å²) in [7, 11) is 0.